The van der Waals surface area contributed by atoms with Crippen molar-refractivity contribution in [3.8, 4) is 22.5 Å². The van der Waals surface area contributed by atoms with Gasteiger partial charge in [-0.2, -0.15) is 4.98 Å². The van der Waals surface area contributed by atoms with Gasteiger partial charge < -0.3 is 4.42 Å². The van der Waals surface area contributed by atoms with E-state index in [0.717, 1.165) is 28.7 Å². The lowest BCUT2D eigenvalue weighted by atomic mass is 10.0. The zero-order chi connectivity index (χ0) is 17.7. The van der Waals surface area contributed by atoms with Crippen molar-refractivity contribution in [3.63, 3.8) is 0 Å². The van der Waals surface area contributed by atoms with Gasteiger partial charge in [0.15, 0.2) is 11.6 Å². The summed E-state index contributed by atoms with van der Waals surface area (Å²) in [6.07, 6.45) is 6.48. The van der Waals surface area contributed by atoms with Crippen LogP contribution in [0, 0.1) is 11.6 Å². The predicted molar refractivity (Wildman–Crippen MR) is 91.3 cm³/mol. The van der Waals surface area contributed by atoms with Gasteiger partial charge in [0.25, 0.3) is 0 Å². The third-order valence-electron chi connectivity index (χ3n) is 4.20. The summed E-state index contributed by atoms with van der Waals surface area (Å²) in [6, 6.07) is 9.32. The average molecular weight is 348 g/mol. The Morgan fingerprint density at radius 3 is 2.50 bits per heavy atom. The molecule has 26 heavy (non-hydrogen) atoms. The maximum Gasteiger partial charge on any atom is 0.306 e. The second kappa shape index (κ2) is 5.45. The number of aromatic nitrogens is 4. The molecular weight excluding hydrogens is 338 g/mol. The fraction of sp³-hybridized carbons (Fsp3) is 0. The second-order valence-corrected chi connectivity index (χ2v) is 5.75. The van der Waals surface area contributed by atoms with E-state index in [-0.39, 0.29) is 0 Å². The number of fused-ring (bicyclic) bond motifs is 2. The molecule has 0 N–H and O–H groups in total. The first kappa shape index (κ1) is 14.7. The normalized spacial score (nSPS) is 11.5. The van der Waals surface area contributed by atoms with Gasteiger partial charge in [-0.3, -0.25) is 14.4 Å². The Labute approximate surface area is 145 Å². The molecule has 0 fully saturated rings. The van der Waals surface area contributed by atoms with E-state index in [1.165, 1.54) is 12.3 Å². The second-order valence-electron chi connectivity index (χ2n) is 5.75. The standard InChI is InChI=1S/C19H10F2N4O/c20-13-3-1-11(9-14(13)21)17-18(25-7-8-26-19(25)24-17)12-2-4-15-16(10-12)23-6-5-22-15/h1-10H. The first-order valence-corrected chi connectivity index (χ1v) is 7.83. The van der Waals surface area contributed by atoms with E-state index < -0.39 is 11.6 Å². The maximum atomic E-state index is 13.7. The summed E-state index contributed by atoms with van der Waals surface area (Å²) in [5.41, 5.74) is 3.95. The molecule has 126 valence electrons. The van der Waals surface area contributed by atoms with E-state index in [4.69, 9.17) is 4.42 Å². The number of oxazole rings is 1. The highest BCUT2D eigenvalue weighted by atomic mass is 19.2. The lowest BCUT2D eigenvalue weighted by Crippen LogP contribution is -1.91. The smallest absolute Gasteiger partial charge is 0.306 e. The molecule has 2 aromatic carbocycles. The van der Waals surface area contributed by atoms with Crippen LogP contribution in [0.3, 0.4) is 0 Å². The van der Waals surface area contributed by atoms with Gasteiger partial charge >= 0.3 is 5.84 Å². The van der Waals surface area contributed by atoms with Gasteiger partial charge in [0.2, 0.25) is 0 Å². The first-order valence-electron chi connectivity index (χ1n) is 7.83. The van der Waals surface area contributed by atoms with Gasteiger partial charge in [0.1, 0.15) is 12.0 Å². The molecule has 0 aliphatic carbocycles. The van der Waals surface area contributed by atoms with Gasteiger partial charge in [0.05, 0.1) is 16.7 Å². The molecule has 7 heteroatoms. The van der Waals surface area contributed by atoms with Crippen molar-refractivity contribution in [1.29, 1.82) is 0 Å². The molecule has 0 aliphatic heterocycles. The third-order valence-corrected chi connectivity index (χ3v) is 4.20. The number of halogens is 2. The fourth-order valence-corrected chi connectivity index (χ4v) is 3.02. The van der Waals surface area contributed by atoms with E-state index in [0.29, 0.717) is 22.8 Å². The highest BCUT2D eigenvalue weighted by molar-refractivity contribution is 5.86. The Balaban J connectivity index is 1.80. The fourth-order valence-electron chi connectivity index (χ4n) is 3.02. The Morgan fingerprint density at radius 1 is 0.846 bits per heavy atom. The minimum Gasteiger partial charge on any atom is -0.432 e. The van der Waals surface area contributed by atoms with Crippen LogP contribution in [0.1, 0.15) is 0 Å². The van der Waals surface area contributed by atoms with Crippen molar-refractivity contribution in [1.82, 2.24) is 19.4 Å². The summed E-state index contributed by atoms with van der Waals surface area (Å²) in [4.78, 5) is 13.0. The molecule has 3 aromatic heterocycles. The molecule has 0 atom stereocenters. The maximum absolute atomic E-state index is 13.7. The molecule has 0 unspecified atom stereocenters. The summed E-state index contributed by atoms with van der Waals surface area (Å²) < 4.78 is 34.2. The Hall–Kier alpha value is -3.61. The van der Waals surface area contributed by atoms with Crippen molar-refractivity contribution in [2.45, 2.75) is 0 Å². The molecule has 0 spiro atoms. The van der Waals surface area contributed by atoms with Crippen molar-refractivity contribution < 1.29 is 13.2 Å². The summed E-state index contributed by atoms with van der Waals surface area (Å²) >= 11 is 0. The van der Waals surface area contributed by atoms with Gasteiger partial charge in [-0.05, 0) is 30.3 Å². The number of hydrogen-bond donors (Lipinski definition) is 0. The van der Waals surface area contributed by atoms with Gasteiger partial charge in [-0.25, -0.2) is 8.78 Å². The lowest BCUT2D eigenvalue weighted by Gasteiger charge is -2.06. The minimum atomic E-state index is -0.928. The van der Waals surface area contributed by atoms with Gasteiger partial charge in [-0.15, -0.1) is 0 Å². The molecule has 0 amide bonds. The molecule has 5 nitrogen and oxygen atoms in total. The molecule has 0 saturated heterocycles. The number of benzene rings is 2. The molecule has 0 bridgehead atoms. The van der Waals surface area contributed by atoms with Crippen LogP contribution in [0.4, 0.5) is 8.78 Å². The van der Waals surface area contributed by atoms with Crippen molar-refractivity contribution in [2.75, 3.05) is 0 Å². The van der Waals surface area contributed by atoms with Crippen LogP contribution in [0.2, 0.25) is 0 Å². The van der Waals surface area contributed by atoms with Crippen LogP contribution in [0.15, 0.2) is 65.7 Å². The van der Waals surface area contributed by atoms with E-state index in [9.17, 15) is 8.78 Å². The summed E-state index contributed by atoms with van der Waals surface area (Å²) in [6.45, 7) is 0. The van der Waals surface area contributed by atoms with Crippen LogP contribution in [0.25, 0.3) is 39.4 Å². The number of rotatable bonds is 2. The van der Waals surface area contributed by atoms with E-state index in [2.05, 4.69) is 15.0 Å². The van der Waals surface area contributed by atoms with Crippen LogP contribution in [-0.4, -0.2) is 19.4 Å². The van der Waals surface area contributed by atoms with Crippen LogP contribution < -0.4 is 0 Å². The highest BCUT2D eigenvalue weighted by Gasteiger charge is 2.19. The van der Waals surface area contributed by atoms with Crippen molar-refractivity contribution in [2.24, 2.45) is 0 Å². The molecule has 3 heterocycles. The summed E-state index contributed by atoms with van der Waals surface area (Å²) in [5, 5.41) is 0. The van der Waals surface area contributed by atoms with Crippen LogP contribution in [-0.2, 0) is 0 Å². The number of nitrogens with zero attached hydrogens (tertiary/aromatic N) is 4. The van der Waals surface area contributed by atoms with Gasteiger partial charge in [-0.1, -0.05) is 6.07 Å². The monoisotopic (exact) mass is 348 g/mol. The zero-order valence-electron chi connectivity index (χ0n) is 13.2. The molecule has 0 saturated carbocycles. The highest BCUT2D eigenvalue weighted by Crippen LogP contribution is 2.34. The van der Waals surface area contributed by atoms with Crippen LogP contribution in [0.5, 0.6) is 0 Å². The Morgan fingerprint density at radius 2 is 1.65 bits per heavy atom. The largest absolute Gasteiger partial charge is 0.432 e. The number of hydrogen-bond acceptors (Lipinski definition) is 4. The van der Waals surface area contributed by atoms with Gasteiger partial charge in [0, 0.05) is 29.7 Å². The molecule has 0 aliphatic rings. The van der Waals surface area contributed by atoms with E-state index >= 15 is 0 Å². The topological polar surface area (TPSA) is 56.2 Å². The van der Waals surface area contributed by atoms with Crippen molar-refractivity contribution >= 4 is 16.9 Å². The Bertz CT molecular complexity index is 1280. The quantitative estimate of drug-likeness (QED) is 0.472. The Kier molecular flexibility index (Phi) is 3.08. The molecule has 0 radical (unpaired) electrons. The zero-order valence-corrected chi connectivity index (χ0v) is 13.2. The van der Waals surface area contributed by atoms with Crippen LogP contribution >= 0.6 is 0 Å². The van der Waals surface area contributed by atoms with E-state index in [1.807, 2.05) is 18.2 Å². The average Bonchev–Trinajstić information content (AvgIpc) is 3.24. The number of imidazole rings is 1. The lowest BCUT2D eigenvalue weighted by molar-refractivity contribution is 0.509. The summed E-state index contributed by atoms with van der Waals surface area (Å²) in [5.74, 6) is -1.47. The third kappa shape index (κ3) is 2.17. The van der Waals surface area contributed by atoms with E-state index in [1.54, 1.807) is 23.0 Å². The SMILES string of the molecule is Fc1ccc(-c2nc3occn3c2-c2ccc3nccnc3c2)cc1F. The first-order chi connectivity index (χ1) is 12.7. The van der Waals surface area contributed by atoms with Crippen molar-refractivity contribution in [3.05, 3.63) is 72.9 Å². The molecule has 5 rings (SSSR count). The molecule has 5 aromatic rings. The molecular formula is C19H10F2N4O. The predicted octanol–water partition coefficient (Wildman–Crippen LogP) is 4.48. The summed E-state index contributed by atoms with van der Waals surface area (Å²) in [7, 11) is 0. The minimum absolute atomic E-state index is 0.360.